The van der Waals surface area contributed by atoms with E-state index in [1.165, 1.54) is 0 Å². The minimum absolute atomic E-state index is 0.211. The zero-order valence-electron chi connectivity index (χ0n) is 14.1. The number of likely N-dealkylation sites (N-methyl/N-ethyl adjacent to an activating group) is 1. The third-order valence-corrected chi connectivity index (χ3v) is 4.47. The lowest BCUT2D eigenvalue weighted by Gasteiger charge is -2.28. The normalized spacial score (nSPS) is 23.3. The first-order chi connectivity index (χ1) is 10.7. The fraction of sp³-hybridized carbons (Fsp3) is 0.556. The molecule has 23 heavy (non-hydrogen) atoms. The van der Waals surface area contributed by atoms with Gasteiger partial charge < -0.3 is 14.4 Å². The number of carbonyl (C=O) groups excluding carboxylic acids is 2. The molecule has 0 spiro atoms. The molecule has 0 bridgehead atoms. The Kier molecular flexibility index (Phi) is 5.04. The average molecular weight is 338 g/mol. The number of hydrogen-bond donors (Lipinski definition) is 0. The third-order valence-electron chi connectivity index (χ3n) is 4.24. The minimum atomic E-state index is -0.527. The smallest absolute Gasteiger partial charge is 0.410 e. The van der Waals surface area contributed by atoms with E-state index in [4.69, 9.17) is 16.3 Å². The highest BCUT2D eigenvalue weighted by molar-refractivity contribution is 6.30. The summed E-state index contributed by atoms with van der Waals surface area (Å²) in [5.41, 5.74) is 0.338. The van der Waals surface area contributed by atoms with Gasteiger partial charge in [-0.05, 0) is 50.8 Å². The number of rotatable bonds is 5. The monoisotopic (exact) mass is 337 g/mol. The third kappa shape index (κ3) is 4.25. The van der Waals surface area contributed by atoms with Crippen LogP contribution >= 0.6 is 11.6 Å². The largest absolute Gasteiger partial charge is 0.444 e. The molecule has 0 N–H and O–H groups in total. The van der Waals surface area contributed by atoms with Crippen molar-refractivity contribution in [3.63, 3.8) is 0 Å². The number of nitrogens with zero attached hydrogens (tertiary/aromatic N) is 1. The second-order valence-electron chi connectivity index (χ2n) is 7.31. The summed E-state index contributed by atoms with van der Waals surface area (Å²) in [6, 6.07) is 7.67. The molecule has 0 aliphatic heterocycles. The molecule has 5 heteroatoms. The Balaban J connectivity index is 2.17. The maximum Gasteiger partial charge on any atom is 0.410 e. The van der Waals surface area contributed by atoms with Gasteiger partial charge in [0.25, 0.3) is 0 Å². The summed E-state index contributed by atoms with van der Waals surface area (Å²) >= 11 is 6.11. The van der Waals surface area contributed by atoms with Crippen LogP contribution in [0.15, 0.2) is 24.3 Å². The van der Waals surface area contributed by atoms with Crippen LogP contribution in [0.4, 0.5) is 4.79 Å². The number of carbonyl (C=O) groups is 2. The van der Waals surface area contributed by atoms with Gasteiger partial charge in [-0.2, -0.15) is 0 Å². The zero-order chi connectivity index (χ0) is 17.3. The molecule has 0 saturated heterocycles. The highest BCUT2D eigenvalue weighted by Gasteiger charge is 2.55. The van der Waals surface area contributed by atoms with E-state index in [1.807, 2.05) is 45.0 Å². The molecule has 1 saturated carbocycles. The first-order valence-corrected chi connectivity index (χ1v) is 8.19. The van der Waals surface area contributed by atoms with Gasteiger partial charge in [0, 0.05) is 30.5 Å². The quantitative estimate of drug-likeness (QED) is 0.761. The topological polar surface area (TPSA) is 46.6 Å². The molecule has 1 fully saturated rings. The van der Waals surface area contributed by atoms with Crippen molar-refractivity contribution in [2.75, 3.05) is 13.6 Å². The molecule has 0 aromatic heterocycles. The van der Waals surface area contributed by atoms with Gasteiger partial charge >= 0.3 is 6.09 Å². The molecule has 0 heterocycles. The van der Waals surface area contributed by atoms with Crippen LogP contribution in [0.25, 0.3) is 0 Å². The van der Waals surface area contributed by atoms with Gasteiger partial charge in [0.15, 0.2) is 0 Å². The molecule has 2 rings (SSSR count). The van der Waals surface area contributed by atoms with Crippen LogP contribution in [0, 0.1) is 5.92 Å². The van der Waals surface area contributed by atoms with E-state index < -0.39 is 5.60 Å². The summed E-state index contributed by atoms with van der Waals surface area (Å²) in [4.78, 5) is 24.7. The molecule has 126 valence electrons. The minimum Gasteiger partial charge on any atom is -0.444 e. The molecule has 4 nitrogen and oxygen atoms in total. The lowest BCUT2D eigenvalue weighted by molar-refractivity contribution is -0.108. The molecule has 0 radical (unpaired) electrons. The van der Waals surface area contributed by atoms with Crippen molar-refractivity contribution in [1.82, 2.24) is 4.90 Å². The maximum absolute atomic E-state index is 12.2. The van der Waals surface area contributed by atoms with Crippen molar-refractivity contribution in [3.05, 3.63) is 34.9 Å². The predicted octanol–water partition coefficient (Wildman–Crippen LogP) is 4.05. The van der Waals surface area contributed by atoms with Crippen LogP contribution in [-0.4, -0.2) is 36.5 Å². The Morgan fingerprint density at radius 2 is 2.17 bits per heavy atom. The lowest BCUT2D eigenvalue weighted by Crippen LogP contribution is -2.39. The number of benzene rings is 1. The molecular weight excluding hydrogens is 314 g/mol. The van der Waals surface area contributed by atoms with E-state index in [0.717, 1.165) is 18.3 Å². The van der Waals surface area contributed by atoms with Crippen molar-refractivity contribution in [2.24, 2.45) is 5.92 Å². The van der Waals surface area contributed by atoms with Crippen molar-refractivity contribution in [3.8, 4) is 0 Å². The Morgan fingerprint density at radius 1 is 1.48 bits per heavy atom. The summed E-state index contributed by atoms with van der Waals surface area (Å²) < 4.78 is 5.42. The maximum atomic E-state index is 12.2. The van der Waals surface area contributed by atoms with Crippen LogP contribution < -0.4 is 0 Å². The fourth-order valence-corrected chi connectivity index (χ4v) is 3.26. The summed E-state index contributed by atoms with van der Waals surface area (Å²) in [6.45, 7) is 6.05. The molecule has 0 unspecified atom stereocenters. The number of ether oxygens (including phenoxy) is 1. The Hall–Kier alpha value is -1.55. The van der Waals surface area contributed by atoms with Crippen LogP contribution in [0.1, 0.15) is 39.2 Å². The number of halogens is 1. The number of hydrogen-bond acceptors (Lipinski definition) is 3. The molecule has 1 aromatic carbocycles. The summed E-state index contributed by atoms with van der Waals surface area (Å²) in [6.07, 6.45) is 1.97. The van der Waals surface area contributed by atoms with Gasteiger partial charge in [-0.3, -0.25) is 0 Å². The zero-order valence-corrected chi connectivity index (χ0v) is 14.9. The fourth-order valence-electron chi connectivity index (χ4n) is 3.07. The van der Waals surface area contributed by atoms with Crippen molar-refractivity contribution >= 4 is 24.0 Å². The second-order valence-corrected chi connectivity index (χ2v) is 7.74. The van der Waals surface area contributed by atoms with Crippen molar-refractivity contribution in [1.29, 1.82) is 0 Å². The Bertz CT molecular complexity index is 596. The van der Waals surface area contributed by atoms with Gasteiger partial charge in [-0.1, -0.05) is 23.7 Å². The average Bonchev–Trinajstić information content (AvgIpc) is 3.11. The molecule has 1 aliphatic rings. The molecule has 2 atom stereocenters. The van der Waals surface area contributed by atoms with E-state index in [0.29, 0.717) is 18.0 Å². The first kappa shape index (κ1) is 17.8. The Morgan fingerprint density at radius 3 is 2.74 bits per heavy atom. The number of aldehydes is 1. The van der Waals surface area contributed by atoms with E-state index in [9.17, 15) is 9.59 Å². The van der Waals surface area contributed by atoms with E-state index >= 15 is 0 Å². The lowest BCUT2D eigenvalue weighted by atomic mass is 9.92. The SMILES string of the molecule is CN(C[C@]1(c2cccc(Cl)c2)C[C@@H]1CC=O)C(=O)OC(C)(C)C. The van der Waals surface area contributed by atoms with Crippen molar-refractivity contribution < 1.29 is 14.3 Å². The number of amides is 1. The summed E-state index contributed by atoms with van der Waals surface area (Å²) in [7, 11) is 1.73. The van der Waals surface area contributed by atoms with Gasteiger partial charge in [0.05, 0.1) is 0 Å². The van der Waals surface area contributed by atoms with Crippen LogP contribution in [0.2, 0.25) is 5.02 Å². The van der Waals surface area contributed by atoms with E-state index in [1.54, 1.807) is 11.9 Å². The van der Waals surface area contributed by atoms with Crippen molar-refractivity contribution in [2.45, 2.75) is 44.6 Å². The molecule has 1 aromatic rings. The highest BCUT2D eigenvalue weighted by Crippen LogP contribution is 2.56. The first-order valence-electron chi connectivity index (χ1n) is 7.82. The molecule has 1 amide bonds. The van der Waals surface area contributed by atoms with Crippen LogP contribution in [-0.2, 0) is 14.9 Å². The highest BCUT2D eigenvalue weighted by atomic mass is 35.5. The van der Waals surface area contributed by atoms with Crippen LogP contribution in [0.3, 0.4) is 0 Å². The van der Waals surface area contributed by atoms with Gasteiger partial charge in [0.1, 0.15) is 11.9 Å². The van der Waals surface area contributed by atoms with Crippen LogP contribution in [0.5, 0.6) is 0 Å². The van der Waals surface area contributed by atoms with Gasteiger partial charge in [-0.15, -0.1) is 0 Å². The Labute approximate surface area is 142 Å². The van der Waals surface area contributed by atoms with Gasteiger partial charge in [0.2, 0.25) is 0 Å². The standard InChI is InChI=1S/C18H24ClNO3/c1-17(2,3)23-16(22)20(4)12-18(11-14(18)8-9-21)13-6-5-7-15(19)10-13/h5-7,9-10,14H,8,11-12H2,1-4H3/t14-,18-/m0/s1. The molecule has 1 aliphatic carbocycles. The molecular formula is C18H24ClNO3. The summed E-state index contributed by atoms with van der Waals surface area (Å²) in [5.74, 6) is 0.239. The van der Waals surface area contributed by atoms with Gasteiger partial charge in [-0.25, -0.2) is 4.79 Å². The van der Waals surface area contributed by atoms with E-state index in [2.05, 4.69) is 0 Å². The van der Waals surface area contributed by atoms with E-state index in [-0.39, 0.29) is 17.4 Å². The predicted molar refractivity (Wildman–Crippen MR) is 90.8 cm³/mol. The second kappa shape index (κ2) is 6.52. The summed E-state index contributed by atoms with van der Waals surface area (Å²) in [5, 5.41) is 0.665.